The van der Waals surface area contributed by atoms with Gasteiger partial charge in [0.05, 0.1) is 5.56 Å². The Hall–Kier alpha value is -4.01. The van der Waals surface area contributed by atoms with Crippen LogP contribution < -0.4 is 4.74 Å². The maximum absolute atomic E-state index is 12.2. The van der Waals surface area contributed by atoms with Crippen LogP contribution in [0, 0.1) is 17.8 Å². The Balaban J connectivity index is 0.000000188. The molecule has 48 heavy (non-hydrogen) atoms. The average Bonchev–Trinajstić information content (AvgIpc) is 3.15. The van der Waals surface area contributed by atoms with Crippen molar-refractivity contribution in [2.75, 3.05) is 0 Å². The molecule has 0 aromatic heterocycles. The third kappa shape index (κ3) is 10.2. The van der Waals surface area contributed by atoms with Crippen molar-refractivity contribution >= 4 is 24.4 Å². The van der Waals surface area contributed by atoms with Gasteiger partial charge in [-0.15, -0.1) is 18.5 Å². The van der Waals surface area contributed by atoms with Crippen LogP contribution in [-0.4, -0.2) is 5.97 Å². The van der Waals surface area contributed by atoms with Crippen LogP contribution in [0.25, 0.3) is 11.1 Å². The lowest BCUT2D eigenvalue weighted by atomic mass is 9.79. The summed E-state index contributed by atoms with van der Waals surface area (Å²) in [6, 6.07) is 41.0. The molecule has 244 valence electrons. The molecule has 5 aromatic carbocycles. The maximum atomic E-state index is 12.2. The highest BCUT2D eigenvalue weighted by Crippen LogP contribution is 2.35. The molecule has 1 aliphatic rings. The molecule has 0 saturated heterocycles. The lowest BCUT2D eigenvalue weighted by Gasteiger charge is -2.26. The van der Waals surface area contributed by atoms with Crippen molar-refractivity contribution in [1.82, 2.24) is 0 Å². The van der Waals surface area contributed by atoms with Crippen LogP contribution in [0.2, 0.25) is 0 Å². The lowest BCUT2D eigenvalue weighted by molar-refractivity contribution is 0.0734. The molecular weight excluding hydrogens is 622 g/mol. The molecule has 1 fully saturated rings. The van der Waals surface area contributed by atoms with Gasteiger partial charge in [-0.25, -0.2) is 4.79 Å². The molecule has 0 radical (unpaired) electrons. The quantitative estimate of drug-likeness (QED) is 0.0747. The number of carbonyl (C=O) groups excluding carboxylic acids is 1. The first-order chi connectivity index (χ1) is 23.4. The number of rotatable bonds is 7. The van der Waals surface area contributed by atoms with Gasteiger partial charge in [0.15, 0.2) is 0 Å². The molecule has 6 rings (SSSR count). The monoisotopic (exact) mass is 668 g/mol. The molecule has 0 bridgehead atoms. The molecular formula is C44H46O2P2. The number of esters is 1. The molecule has 0 aliphatic heterocycles. The van der Waals surface area contributed by atoms with Crippen LogP contribution in [0.5, 0.6) is 5.75 Å². The molecule has 2 unspecified atom stereocenters. The Labute approximate surface area is 292 Å². The van der Waals surface area contributed by atoms with Crippen molar-refractivity contribution in [3.63, 3.8) is 0 Å². The van der Waals surface area contributed by atoms with E-state index < -0.39 is 0 Å². The summed E-state index contributed by atoms with van der Waals surface area (Å²) >= 11 is 0. The number of carbonyl (C=O) groups is 1. The molecule has 0 heterocycles. The standard InChI is InChI=1S/C22H21O2P.C22H25P/c1-2-16-3-7-18(8-4-16)19-11-13-21(14-12-19)24-22(23)20-9-5-17(15-25)6-10-20;1-17-2-12-21(13-3-17)22-14-10-19(11-15-22)5-4-18-6-8-20(16-23)9-7-18/h3-14H,2,15,25H2,1H3;6-11,14-15,17,21H,2-3,12-13,16,23H2,1H3. The molecule has 0 amide bonds. The predicted molar refractivity (Wildman–Crippen MR) is 209 cm³/mol. The van der Waals surface area contributed by atoms with E-state index in [4.69, 9.17) is 4.74 Å². The number of benzene rings is 5. The van der Waals surface area contributed by atoms with Crippen molar-refractivity contribution in [2.45, 2.75) is 64.2 Å². The van der Waals surface area contributed by atoms with Gasteiger partial charge in [-0.05, 0) is 125 Å². The first kappa shape index (κ1) is 35.3. The molecule has 4 heteroatoms. The van der Waals surface area contributed by atoms with Gasteiger partial charge in [-0.3, -0.25) is 0 Å². The van der Waals surface area contributed by atoms with E-state index in [1.54, 1.807) is 12.1 Å². The van der Waals surface area contributed by atoms with Crippen molar-refractivity contribution in [2.24, 2.45) is 5.92 Å². The summed E-state index contributed by atoms with van der Waals surface area (Å²) in [6.07, 6.45) is 8.33. The summed E-state index contributed by atoms with van der Waals surface area (Å²) in [5, 5.41) is 0. The molecule has 2 atom stereocenters. The van der Waals surface area contributed by atoms with Crippen LogP contribution in [0.15, 0.2) is 121 Å². The van der Waals surface area contributed by atoms with Gasteiger partial charge >= 0.3 is 5.97 Å². The molecule has 0 N–H and O–H groups in total. The van der Waals surface area contributed by atoms with E-state index in [9.17, 15) is 4.79 Å². The number of ether oxygens (including phenoxy) is 1. The van der Waals surface area contributed by atoms with E-state index >= 15 is 0 Å². The van der Waals surface area contributed by atoms with Crippen molar-refractivity contribution < 1.29 is 9.53 Å². The molecule has 1 saturated carbocycles. The number of hydrogen-bond acceptors (Lipinski definition) is 2. The smallest absolute Gasteiger partial charge is 0.343 e. The zero-order valence-corrected chi connectivity index (χ0v) is 30.4. The second-order valence-electron chi connectivity index (χ2n) is 12.6. The lowest BCUT2D eigenvalue weighted by Crippen LogP contribution is -2.10. The van der Waals surface area contributed by atoms with Gasteiger partial charge in [0.25, 0.3) is 0 Å². The fraction of sp³-hybridized carbons (Fsp3) is 0.250. The fourth-order valence-corrected chi connectivity index (χ4v) is 6.44. The topological polar surface area (TPSA) is 26.3 Å². The summed E-state index contributed by atoms with van der Waals surface area (Å²) in [5.74, 6) is 8.42. The van der Waals surface area contributed by atoms with Crippen LogP contribution in [0.4, 0.5) is 0 Å². The highest BCUT2D eigenvalue weighted by Gasteiger charge is 2.19. The maximum Gasteiger partial charge on any atom is 0.343 e. The zero-order chi connectivity index (χ0) is 33.7. The van der Waals surface area contributed by atoms with Crippen molar-refractivity contribution in [3.8, 4) is 28.7 Å². The summed E-state index contributed by atoms with van der Waals surface area (Å²) in [6.45, 7) is 4.52. The Morgan fingerprint density at radius 2 is 1.08 bits per heavy atom. The van der Waals surface area contributed by atoms with E-state index in [0.717, 1.165) is 52.8 Å². The van der Waals surface area contributed by atoms with Crippen LogP contribution in [0.1, 0.15) is 89.2 Å². The van der Waals surface area contributed by atoms with Crippen LogP contribution in [0.3, 0.4) is 0 Å². The molecule has 1 aliphatic carbocycles. The minimum Gasteiger partial charge on any atom is -0.423 e. The molecule has 0 spiro atoms. The van der Waals surface area contributed by atoms with Gasteiger partial charge in [-0.1, -0.05) is 111 Å². The Kier molecular flexibility index (Phi) is 13.2. The molecule has 5 aromatic rings. The fourth-order valence-electron chi connectivity index (χ4n) is 5.89. The van der Waals surface area contributed by atoms with E-state index in [1.165, 1.54) is 47.9 Å². The summed E-state index contributed by atoms with van der Waals surface area (Å²) in [4.78, 5) is 12.2. The first-order valence-corrected chi connectivity index (χ1v) is 18.7. The van der Waals surface area contributed by atoms with E-state index in [1.807, 2.05) is 36.4 Å². The first-order valence-electron chi connectivity index (χ1n) is 17.1. The summed E-state index contributed by atoms with van der Waals surface area (Å²) < 4.78 is 5.46. The Morgan fingerprint density at radius 1 is 0.625 bits per heavy atom. The van der Waals surface area contributed by atoms with Crippen molar-refractivity contribution in [3.05, 3.63) is 160 Å². The third-order valence-corrected chi connectivity index (χ3v) is 10.1. The average molecular weight is 669 g/mol. The van der Waals surface area contributed by atoms with Gasteiger partial charge < -0.3 is 4.74 Å². The van der Waals surface area contributed by atoms with E-state index in [-0.39, 0.29) is 5.97 Å². The minimum absolute atomic E-state index is 0.338. The summed E-state index contributed by atoms with van der Waals surface area (Å²) in [7, 11) is 5.42. The SMILES string of the molecule is CC1CCC(c2ccc(C#Cc3ccc(CP)cc3)cc2)CC1.CCc1ccc(-c2ccc(OC(=O)c3ccc(CP)cc3)cc2)cc1. The third-order valence-electron chi connectivity index (χ3n) is 9.12. The Morgan fingerprint density at radius 3 is 1.58 bits per heavy atom. The second-order valence-corrected chi connectivity index (χ2v) is 13.4. The van der Waals surface area contributed by atoms with Gasteiger partial charge in [0, 0.05) is 11.1 Å². The highest BCUT2D eigenvalue weighted by atomic mass is 31.0. The van der Waals surface area contributed by atoms with Crippen molar-refractivity contribution in [1.29, 1.82) is 0 Å². The zero-order valence-electron chi connectivity index (χ0n) is 28.1. The van der Waals surface area contributed by atoms with Crippen LogP contribution in [-0.2, 0) is 18.7 Å². The predicted octanol–water partition coefficient (Wildman–Crippen LogP) is 11.3. The molecule has 2 nitrogen and oxygen atoms in total. The normalized spacial score (nSPS) is 15.3. The number of aryl methyl sites for hydroxylation is 1. The minimum atomic E-state index is -0.338. The summed E-state index contributed by atoms with van der Waals surface area (Å²) in [5.41, 5.74) is 10.3. The highest BCUT2D eigenvalue weighted by molar-refractivity contribution is 7.15. The Bertz CT molecular complexity index is 1790. The van der Waals surface area contributed by atoms with Crippen LogP contribution >= 0.6 is 18.5 Å². The van der Waals surface area contributed by atoms with Gasteiger partial charge in [0.1, 0.15) is 5.75 Å². The number of hydrogen-bond donors (Lipinski definition) is 0. The largest absolute Gasteiger partial charge is 0.423 e. The van der Waals surface area contributed by atoms with Gasteiger partial charge in [0.2, 0.25) is 0 Å². The van der Waals surface area contributed by atoms with Gasteiger partial charge in [-0.2, -0.15) is 0 Å². The second kappa shape index (κ2) is 17.9. The van der Waals surface area contributed by atoms with E-state index in [2.05, 4.69) is 117 Å². The van der Waals surface area contributed by atoms with E-state index in [0.29, 0.717) is 11.3 Å².